The summed E-state index contributed by atoms with van der Waals surface area (Å²) in [5.41, 5.74) is 1.91. The summed E-state index contributed by atoms with van der Waals surface area (Å²) in [5.74, 6) is -2.73. The van der Waals surface area contributed by atoms with Gasteiger partial charge in [-0.1, -0.05) is 24.3 Å². The molecule has 1 amide bonds. The topological polar surface area (TPSA) is 100 Å². The second-order valence-electron chi connectivity index (χ2n) is 9.64. The first-order valence-electron chi connectivity index (χ1n) is 12.2. The van der Waals surface area contributed by atoms with E-state index in [2.05, 4.69) is 15.4 Å². The Labute approximate surface area is 224 Å². The summed E-state index contributed by atoms with van der Waals surface area (Å²) in [6, 6.07) is 7.40. The average Bonchev–Trinajstić information content (AvgIpc) is 3.49. The predicted octanol–water partition coefficient (Wildman–Crippen LogP) is 4.91. The molecule has 3 aromatic rings. The zero-order valence-corrected chi connectivity index (χ0v) is 21.2. The zero-order chi connectivity index (χ0) is 29.3. The number of amides is 1. The fourth-order valence-corrected chi connectivity index (χ4v) is 4.98. The number of anilines is 1. The number of aliphatic carboxylic acids is 1. The third-order valence-electron chi connectivity index (χ3n) is 7.11. The Morgan fingerprint density at radius 1 is 0.950 bits per heavy atom. The summed E-state index contributed by atoms with van der Waals surface area (Å²) in [7, 11) is 1.83. The number of carbonyl (C=O) groups excluding carboxylic acids is 1. The molecule has 2 saturated heterocycles. The molecular formula is C26H25F6N5O3. The van der Waals surface area contributed by atoms with Gasteiger partial charge in [-0.15, -0.1) is 0 Å². The van der Waals surface area contributed by atoms with Crippen LogP contribution in [0.25, 0.3) is 22.3 Å². The molecule has 0 bridgehead atoms. The molecule has 2 fully saturated rings. The number of nitrogens with zero attached hydrogens (tertiary/aromatic N) is 4. The van der Waals surface area contributed by atoms with Gasteiger partial charge < -0.3 is 15.3 Å². The van der Waals surface area contributed by atoms with Crippen molar-refractivity contribution in [2.75, 3.05) is 24.5 Å². The first-order valence-corrected chi connectivity index (χ1v) is 12.2. The van der Waals surface area contributed by atoms with Gasteiger partial charge in [-0.3, -0.25) is 14.5 Å². The zero-order valence-electron chi connectivity index (χ0n) is 21.2. The number of aromatic nitrogens is 3. The van der Waals surface area contributed by atoms with Crippen LogP contribution in [-0.2, 0) is 22.8 Å². The van der Waals surface area contributed by atoms with Crippen LogP contribution < -0.4 is 10.2 Å². The lowest BCUT2D eigenvalue weighted by Crippen LogP contribution is -2.44. The van der Waals surface area contributed by atoms with E-state index in [-0.39, 0.29) is 11.6 Å². The number of carboxylic acid groups (broad SMARTS) is 1. The van der Waals surface area contributed by atoms with Gasteiger partial charge in [0.05, 0.1) is 22.9 Å². The Balaban J connectivity index is 0.000000470. The fourth-order valence-electron chi connectivity index (χ4n) is 4.98. The first-order chi connectivity index (χ1) is 18.7. The largest absolute Gasteiger partial charge is 0.490 e. The van der Waals surface area contributed by atoms with Crippen LogP contribution in [0.1, 0.15) is 24.8 Å². The molecule has 2 N–H and O–H groups in total. The molecule has 0 aliphatic carbocycles. The molecule has 5 rings (SSSR count). The van der Waals surface area contributed by atoms with Gasteiger partial charge in [0.2, 0.25) is 5.91 Å². The summed E-state index contributed by atoms with van der Waals surface area (Å²) in [6.07, 6.45) is -1.77. The summed E-state index contributed by atoms with van der Waals surface area (Å²) < 4.78 is 75.4. The van der Waals surface area contributed by atoms with Crippen molar-refractivity contribution in [1.29, 1.82) is 0 Å². The highest BCUT2D eigenvalue weighted by molar-refractivity contribution is 5.86. The first kappa shape index (κ1) is 28.9. The molecule has 1 aromatic carbocycles. The van der Waals surface area contributed by atoms with Crippen LogP contribution >= 0.6 is 0 Å². The number of halogens is 6. The third-order valence-corrected chi connectivity index (χ3v) is 7.11. The standard InChI is InChI=1S/C24H24F3N5O.C2HF3O2/c1-31-15-18(12-30-31)16-2-4-17(5-3-16)19-13-28-14-20(24(25,26)27)21(19)32-10-7-23(8-11-32)6-9-29-22(23)33;3-2(4,5)1(6)7/h2-5,12-15H,6-11H2,1H3,(H,29,33);(H,6,7). The van der Waals surface area contributed by atoms with Crippen LogP contribution in [-0.4, -0.2) is 57.6 Å². The highest BCUT2D eigenvalue weighted by atomic mass is 19.4. The molecule has 0 radical (unpaired) electrons. The monoisotopic (exact) mass is 569 g/mol. The second-order valence-corrected chi connectivity index (χ2v) is 9.64. The molecule has 14 heteroatoms. The van der Waals surface area contributed by atoms with E-state index >= 15 is 0 Å². The number of nitrogens with one attached hydrogen (secondary N) is 1. The Kier molecular flexibility index (Phi) is 7.81. The summed E-state index contributed by atoms with van der Waals surface area (Å²) in [6.45, 7) is 1.42. The van der Waals surface area contributed by atoms with Crippen molar-refractivity contribution in [3.05, 3.63) is 54.6 Å². The molecule has 2 aliphatic rings. The number of benzene rings is 1. The quantitative estimate of drug-likeness (QED) is 0.435. The molecule has 0 unspecified atom stereocenters. The van der Waals surface area contributed by atoms with Crippen molar-refractivity contribution in [2.24, 2.45) is 12.5 Å². The number of alkyl halides is 6. The van der Waals surface area contributed by atoms with E-state index in [1.807, 2.05) is 37.5 Å². The van der Waals surface area contributed by atoms with Crippen molar-refractivity contribution >= 4 is 17.6 Å². The van der Waals surface area contributed by atoms with Gasteiger partial charge in [0.1, 0.15) is 0 Å². The van der Waals surface area contributed by atoms with Crippen LogP contribution in [0.5, 0.6) is 0 Å². The number of pyridine rings is 1. The van der Waals surface area contributed by atoms with Crippen molar-refractivity contribution < 1.29 is 41.0 Å². The van der Waals surface area contributed by atoms with E-state index in [1.165, 1.54) is 6.20 Å². The maximum atomic E-state index is 14.0. The van der Waals surface area contributed by atoms with Crippen LogP contribution in [0.4, 0.5) is 32.0 Å². The minimum atomic E-state index is -5.08. The number of carbonyl (C=O) groups is 2. The van der Waals surface area contributed by atoms with Crippen molar-refractivity contribution in [2.45, 2.75) is 31.6 Å². The Bertz CT molecular complexity index is 1380. The molecule has 8 nitrogen and oxygen atoms in total. The molecule has 40 heavy (non-hydrogen) atoms. The minimum absolute atomic E-state index is 0.0270. The van der Waals surface area contributed by atoms with Gasteiger partial charge in [0, 0.05) is 56.4 Å². The number of rotatable bonds is 3. The third kappa shape index (κ3) is 6.05. The fraction of sp³-hybridized carbons (Fsp3) is 0.385. The lowest BCUT2D eigenvalue weighted by molar-refractivity contribution is -0.192. The lowest BCUT2D eigenvalue weighted by Gasteiger charge is -2.40. The molecule has 0 saturated carbocycles. The lowest BCUT2D eigenvalue weighted by atomic mass is 9.77. The Morgan fingerprint density at radius 3 is 2.02 bits per heavy atom. The maximum Gasteiger partial charge on any atom is 0.490 e. The molecule has 4 heterocycles. The Morgan fingerprint density at radius 2 is 1.55 bits per heavy atom. The van der Waals surface area contributed by atoms with E-state index < -0.39 is 29.3 Å². The summed E-state index contributed by atoms with van der Waals surface area (Å²) in [5, 5.41) is 14.2. The molecular weight excluding hydrogens is 544 g/mol. The highest BCUT2D eigenvalue weighted by Gasteiger charge is 2.46. The van der Waals surface area contributed by atoms with Crippen LogP contribution in [0, 0.1) is 5.41 Å². The molecule has 1 spiro atoms. The Hall–Kier alpha value is -4.10. The van der Waals surface area contributed by atoms with Gasteiger partial charge in [0.15, 0.2) is 0 Å². The number of aryl methyl sites for hydroxylation is 1. The van der Waals surface area contributed by atoms with Gasteiger partial charge >= 0.3 is 18.3 Å². The SMILES string of the molecule is Cn1cc(-c2ccc(-c3cncc(C(F)(F)F)c3N3CCC4(CCNC4=O)CC3)cc2)cn1.O=C(O)C(F)(F)F. The minimum Gasteiger partial charge on any atom is -0.475 e. The van der Waals surface area contributed by atoms with Crippen molar-refractivity contribution in [1.82, 2.24) is 20.1 Å². The smallest absolute Gasteiger partial charge is 0.475 e. The number of piperidine rings is 1. The molecule has 2 aromatic heterocycles. The number of hydrogen-bond donors (Lipinski definition) is 2. The van der Waals surface area contributed by atoms with Crippen LogP contribution in [0.2, 0.25) is 0 Å². The van der Waals surface area contributed by atoms with E-state index in [9.17, 15) is 31.1 Å². The van der Waals surface area contributed by atoms with Gasteiger partial charge in [-0.2, -0.15) is 31.4 Å². The van der Waals surface area contributed by atoms with Crippen LogP contribution in [0.15, 0.2) is 49.1 Å². The van der Waals surface area contributed by atoms with E-state index in [0.29, 0.717) is 43.6 Å². The molecule has 2 aliphatic heterocycles. The average molecular weight is 570 g/mol. The second kappa shape index (κ2) is 10.8. The van der Waals surface area contributed by atoms with Gasteiger partial charge in [-0.25, -0.2) is 4.79 Å². The van der Waals surface area contributed by atoms with Gasteiger partial charge in [0.25, 0.3) is 0 Å². The predicted molar refractivity (Wildman–Crippen MR) is 132 cm³/mol. The highest BCUT2D eigenvalue weighted by Crippen LogP contribution is 2.46. The summed E-state index contributed by atoms with van der Waals surface area (Å²) in [4.78, 5) is 26.9. The number of carboxylic acids is 1. The van der Waals surface area contributed by atoms with E-state index in [1.54, 1.807) is 15.8 Å². The number of hydrogen-bond acceptors (Lipinski definition) is 5. The van der Waals surface area contributed by atoms with Gasteiger partial charge in [-0.05, 0) is 30.4 Å². The normalized spacial score (nSPS) is 16.9. The van der Waals surface area contributed by atoms with E-state index in [4.69, 9.17) is 9.90 Å². The van der Waals surface area contributed by atoms with Crippen molar-refractivity contribution in [3.8, 4) is 22.3 Å². The van der Waals surface area contributed by atoms with E-state index in [0.717, 1.165) is 23.7 Å². The summed E-state index contributed by atoms with van der Waals surface area (Å²) >= 11 is 0. The maximum absolute atomic E-state index is 14.0. The van der Waals surface area contributed by atoms with Crippen molar-refractivity contribution in [3.63, 3.8) is 0 Å². The molecule has 214 valence electrons. The molecule has 0 atom stereocenters. The van der Waals surface area contributed by atoms with Crippen LogP contribution in [0.3, 0.4) is 0 Å².